The Labute approximate surface area is 375 Å². The second kappa shape index (κ2) is 25.9. The van der Waals surface area contributed by atoms with E-state index in [1.807, 2.05) is 0 Å². The van der Waals surface area contributed by atoms with Crippen LogP contribution >= 0.6 is 15.6 Å². The van der Waals surface area contributed by atoms with Gasteiger partial charge in [0.15, 0.2) is 0 Å². The fraction of sp³-hybridized carbons (Fsp3) is 0.513. The van der Waals surface area contributed by atoms with Crippen molar-refractivity contribution in [3.8, 4) is 11.5 Å². The SMILES string of the molecule is CC[C@H](C)[C@H](NC(=O)[C@@H](N)CC(N)=O)C(=O)N[C@@H](Cc1ccc(OP(=O)(O)O)cc1)C(=O)N[C@@H](Cc1ccc(OP(=O)(O)O)cc1)C(=O)N[C@@H](CCCCN)C(=O)N[C@H](C(=O)O)C(C)C. The van der Waals surface area contributed by atoms with Gasteiger partial charge in [-0.3, -0.25) is 48.3 Å². The van der Waals surface area contributed by atoms with Crippen LogP contribution in [0.3, 0.4) is 0 Å². The van der Waals surface area contributed by atoms with Gasteiger partial charge >= 0.3 is 21.6 Å². The molecular formula is C39H60N8O16P2. The number of amides is 6. The highest BCUT2D eigenvalue weighted by Crippen LogP contribution is 2.38. The number of hydrogen-bond donors (Lipinski definition) is 13. The average molecular weight is 959 g/mol. The summed E-state index contributed by atoms with van der Waals surface area (Å²) in [6.45, 7) is 6.71. The van der Waals surface area contributed by atoms with Crippen LogP contribution in [0.1, 0.15) is 70.9 Å². The summed E-state index contributed by atoms with van der Waals surface area (Å²) in [5, 5.41) is 22.4. The quantitative estimate of drug-likeness (QED) is 0.0358. The molecule has 0 aliphatic heterocycles. The second-order valence-electron chi connectivity index (χ2n) is 15.5. The summed E-state index contributed by atoms with van der Waals surface area (Å²) >= 11 is 0. The van der Waals surface area contributed by atoms with Gasteiger partial charge in [0.25, 0.3) is 0 Å². The van der Waals surface area contributed by atoms with E-state index in [9.17, 15) is 67.4 Å². The molecule has 362 valence electrons. The molecule has 0 fully saturated rings. The van der Waals surface area contributed by atoms with Crippen LogP contribution in [0, 0.1) is 11.8 Å². The van der Waals surface area contributed by atoms with E-state index in [4.69, 9.17) is 17.2 Å². The van der Waals surface area contributed by atoms with Crippen molar-refractivity contribution in [2.45, 2.75) is 109 Å². The Balaban J connectivity index is 2.66. The first-order valence-corrected chi connectivity index (χ1v) is 23.5. The zero-order chi connectivity index (χ0) is 49.2. The van der Waals surface area contributed by atoms with Gasteiger partial charge in [-0.1, -0.05) is 58.4 Å². The van der Waals surface area contributed by atoms with Crippen molar-refractivity contribution in [3.63, 3.8) is 0 Å². The fourth-order valence-corrected chi connectivity index (χ4v) is 6.94. The van der Waals surface area contributed by atoms with Gasteiger partial charge < -0.3 is 57.9 Å². The minimum absolute atomic E-state index is 0.000510. The number of aliphatic carboxylic acids is 1. The molecule has 0 aromatic heterocycles. The van der Waals surface area contributed by atoms with Gasteiger partial charge in [-0.15, -0.1) is 0 Å². The summed E-state index contributed by atoms with van der Waals surface area (Å²) < 4.78 is 32.0. The third kappa shape index (κ3) is 20.5. The van der Waals surface area contributed by atoms with E-state index in [0.29, 0.717) is 30.4 Å². The summed E-state index contributed by atoms with van der Waals surface area (Å²) in [6.07, 6.45) is -0.143. The number of unbranched alkanes of at least 4 members (excludes halogenated alkanes) is 1. The topological polar surface area (TPSA) is 411 Å². The molecule has 16 N–H and O–H groups in total. The Bertz CT molecular complexity index is 2050. The molecule has 2 aromatic rings. The van der Waals surface area contributed by atoms with Crippen LogP contribution in [0.5, 0.6) is 11.5 Å². The van der Waals surface area contributed by atoms with Crippen LogP contribution in [0.25, 0.3) is 0 Å². The molecule has 2 rings (SSSR count). The maximum absolute atomic E-state index is 14.4. The van der Waals surface area contributed by atoms with Crippen molar-refractivity contribution in [1.29, 1.82) is 0 Å². The number of carbonyl (C=O) groups excluding carboxylic acids is 6. The van der Waals surface area contributed by atoms with E-state index in [0.717, 1.165) is 0 Å². The summed E-state index contributed by atoms with van der Waals surface area (Å²) in [5.41, 5.74) is 17.3. The number of hydrogen-bond acceptors (Lipinski definition) is 13. The first-order valence-electron chi connectivity index (χ1n) is 20.4. The van der Waals surface area contributed by atoms with Crippen LogP contribution in [0.2, 0.25) is 0 Å². The molecule has 2 aromatic carbocycles. The lowest BCUT2D eigenvalue weighted by molar-refractivity contribution is -0.143. The summed E-state index contributed by atoms with van der Waals surface area (Å²) in [6, 6.07) is 1.55. The van der Waals surface area contributed by atoms with Gasteiger partial charge in [-0.05, 0) is 73.0 Å². The maximum Gasteiger partial charge on any atom is 0.524 e. The largest absolute Gasteiger partial charge is 0.524 e. The number of carboxylic acid groups (broad SMARTS) is 1. The molecule has 0 heterocycles. The highest BCUT2D eigenvalue weighted by Gasteiger charge is 2.35. The highest BCUT2D eigenvalue weighted by molar-refractivity contribution is 7.47. The number of benzene rings is 2. The molecule has 24 nitrogen and oxygen atoms in total. The molecule has 7 atom stereocenters. The zero-order valence-corrected chi connectivity index (χ0v) is 38.0. The van der Waals surface area contributed by atoms with Crippen molar-refractivity contribution in [2.75, 3.05) is 6.54 Å². The van der Waals surface area contributed by atoms with E-state index in [2.05, 4.69) is 35.6 Å². The standard InChI is InChI=1S/C39H60N8O16P2/c1-5-22(4)33(47-34(49)27(41)20-31(42)48)38(53)45-30(19-24-11-15-26(16-12-24)63-65(59,60)61)37(52)44-29(18-23-9-13-25(14-10-23)62-64(56,57)58)36(51)43-28(8-6-7-17-40)35(50)46-32(21(2)3)39(54)55/h9-16,21-22,27-30,32-33H,5-8,17-20,40-41H2,1-4H3,(H2,42,48)(H,43,51)(H,44,52)(H,45,53)(H,46,50)(H,47,49)(H,54,55)(H2,56,57,58)(H2,59,60,61)/t22-,27-,28-,29-,30-,32-,33-/m0/s1. The van der Waals surface area contributed by atoms with Crippen LogP contribution < -0.4 is 52.8 Å². The van der Waals surface area contributed by atoms with E-state index < -0.39 is 112 Å². The number of carbonyl (C=O) groups is 7. The lowest BCUT2D eigenvalue weighted by atomic mass is 9.96. The van der Waals surface area contributed by atoms with Crippen LogP contribution in [0.4, 0.5) is 0 Å². The van der Waals surface area contributed by atoms with Gasteiger partial charge in [-0.2, -0.15) is 0 Å². The lowest BCUT2D eigenvalue weighted by Gasteiger charge is -2.29. The predicted octanol–water partition coefficient (Wildman–Crippen LogP) is -1.04. The Kier molecular flexibility index (Phi) is 22.2. The van der Waals surface area contributed by atoms with Gasteiger partial charge in [0, 0.05) is 12.8 Å². The number of nitrogens with one attached hydrogen (secondary N) is 5. The first kappa shape index (κ1) is 55.7. The first-order chi connectivity index (χ1) is 30.2. The van der Waals surface area contributed by atoms with E-state index >= 15 is 0 Å². The maximum atomic E-state index is 14.4. The van der Waals surface area contributed by atoms with Crippen LogP contribution in [0.15, 0.2) is 48.5 Å². The molecule has 65 heavy (non-hydrogen) atoms. The van der Waals surface area contributed by atoms with Crippen LogP contribution in [-0.4, -0.2) is 109 Å². The Hall–Kier alpha value is -5.45. The number of primary amides is 1. The van der Waals surface area contributed by atoms with E-state index in [1.165, 1.54) is 48.5 Å². The third-order valence-electron chi connectivity index (χ3n) is 9.80. The number of rotatable bonds is 28. The summed E-state index contributed by atoms with van der Waals surface area (Å²) in [7, 11) is -9.90. The average Bonchev–Trinajstić information content (AvgIpc) is 3.20. The Morgan fingerprint density at radius 1 is 0.631 bits per heavy atom. The van der Waals surface area contributed by atoms with Gasteiger partial charge in [0.1, 0.15) is 41.7 Å². The molecule has 0 saturated heterocycles. The molecule has 0 unspecified atom stereocenters. The molecule has 6 amide bonds. The predicted molar refractivity (Wildman–Crippen MR) is 232 cm³/mol. The van der Waals surface area contributed by atoms with Gasteiger partial charge in [-0.25, -0.2) is 13.9 Å². The smallest absolute Gasteiger partial charge is 0.480 e. The van der Waals surface area contributed by atoms with Crippen molar-refractivity contribution in [2.24, 2.45) is 29.0 Å². The molecule has 0 spiro atoms. The highest BCUT2D eigenvalue weighted by atomic mass is 31.2. The molecule has 0 saturated carbocycles. The fourth-order valence-electron chi connectivity index (χ4n) is 6.14. The summed E-state index contributed by atoms with van der Waals surface area (Å²) in [5.74, 6) is -8.38. The summed E-state index contributed by atoms with van der Waals surface area (Å²) in [4.78, 5) is 130. The van der Waals surface area contributed by atoms with Crippen molar-refractivity contribution in [3.05, 3.63) is 59.7 Å². The number of phosphoric acid groups is 2. The van der Waals surface area contributed by atoms with E-state index in [1.54, 1.807) is 27.7 Å². The molecule has 0 bridgehead atoms. The van der Waals surface area contributed by atoms with Crippen molar-refractivity contribution in [1.82, 2.24) is 26.6 Å². The molecule has 26 heteroatoms. The minimum Gasteiger partial charge on any atom is -0.480 e. The Morgan fingerprint density at radius 3 is 1.43 bits per heavy atom. The normalized spacial score (nSPS) is 14.9. The zero-order valence-electron chi connectivity index (χ0n) is 36.2. The minimum atomic E-state index is -4.95. The molecular weight excluding hydrogens is 898 g/mol. The number of nitrogens with two attached hydrogens (primary N) is 3. The van der Waals surface area contributed by atoms with Crippen LogP contribution in [-0.2, 0) is 55.5 Å². The Morgan fingerprint density at radius 2 is 1.05 bits per heavy atom. The third-order valence-corrected chi connectivity index (χ3v) is 10.7. The van der Waals surface area contributed by atoms with Gasteiger partial charge in [0.2, 0.25) is 35.4 Å². The van der Waals surface area contributed by atoms with Crippen molar-refractivity contribution < 1.29 is 76.4 Å². The lowest BCUT2D eigenvalue weighted by Crippen LogP contribution is -2.61. The molecule has 0 aliphatic carbocycles. The second-order valence-corrected chi connectivity index (χ2v) is 17.9. The number of carboxylic acids is 1. The molecule has 0 radical (unpaired) electrons. The molecule has 0 aliphatic rings. The van der Waals surface area contributed by atoms with Gasteiger partial charge in [0.05, 0.1) is 12.5 Å². The number of phosphoric ester groups is 2. The van der Waals surface area contributed by atoms with E-state index in [-0.39, 0.29) is 37.3 Å². The monoisotopic (exact) mass is 958 g/mol. The van der Waals surface area contributed by atoms with Crippen molar-refractivity contribution >= 4 is 57.1 Å².